The average Bonchev–Trinajstić information content (AvgIpc) is 3.48. The number of alkyl halides is 1. The SMILES string of the molecule is COc1ccc(NC(=O)C2N(CCCCO)C(=O)[C@@H]3[C@@H](C(=O)Nc4ccccc4)[C@@H]4OC23CC4Br)cc1. The van der Waals surface area contributed by atoms with Crippen molar-refractivity contribution >= 4 is 45.0 Å². The number of fused-ring (bicyclic) bond motifs is 1. The number of nitrogens with zero attached hydrogens (tertiary/aromatic N) is 1. The van der Waals surface area contributed by atoms with Crippen molar-refractivity contribution in [3.8, 4) is 5.75 Å². The molecule has 2 aromatic carbocycles. The molecule has 37 heavy (non-hydrogen) atoms. The number of nitrogens with one attached hydrogen (secondary N) is 2. The third-order valence-electron chi connectivity index (χ3n) is 7.55. The van der Waals surface area contributed by atoms with Crippen LogP contribution in [0.1, 0.15) is 19.3 Å². The molecular weight excluding hydrogens is 542 g/mol. The molecule has 2 aromatic rings. The zero-order valence-corrected chi connectivity index (χ0v) is 22.0. The number of halogens is 1. The highest BCUT2D eigenvalue weighted by molar-refractivity contribution is 9.09. The Balaban J connectivity index is 1.46. The molecule has 3 heterocycles. The minimum absolute atomic E-state index is 0.0104. The number of aliphatic hydroxyl groups is 1. The lowest BCUT2D eigenvalue weighted by atomic mass is 9.70. The molecule has 3 aliphatic rings. The van der Waals surface area contributed by atoms with E-state index in [9.17, 15) is 19.5 Å². The van der Waals surface area contributed by atoms with Crippen LogP contribution in [0, 0.1) is 11.8 Å². The Bertz CT molecular complexity index is 1160. The summed E-state index contributed by atoms with van der Waals surface area (Å²) in [4.78, 5) is 42.5. The summed E-state index contributed by atoms with van der Waals surface area (Å²) in [5, 5.41) is 15.2. The molecule has 0 saturated carbocycles. The molecule has 3 N–H and O–H groups in total. The van der Waals surface area contributed by atoms with E-state index in [1.165, 1.54) is 0 Å². The number of rotatable bonds is 9. The second kappa shape index (κ2) is 10.4. The van der Waals surface area contributed by atoms with Crippen molar-refractivity contribution in [2.75, 3.05) is 30.9 Å². The Hall–Kier alpha value is -2.95. The molecule has 3 amide bonds. The summed E-state index contributed by atoms with van der Waals surface area (Å²) < 4.78 is 11.7. The number of para-hydroxylation sites is 1. The van der Waals surface area contributed by atoms with Crippen molar-refractivity contribution in [1.29, 1.82) is 0 Å². The maximum atomic E-state index is 13.9. The number of benzene rings is 2. The van der Waals surface area contributed by atoms with Crippen molar-refractivity contribution in [1.82, 2.24) is 4.90 Å². The summed E-state index contributed by atoms with van der Waals surface area (Å²) >= 11 is 3.67. The first kappa shape index (κ1) is 25.7. The normalized spacial score (nSPS) is 29.8. The maximum Gasteiger partial charge on any atom is 0.250 e. The van der Waals surface area contributed by atoms with Gasteiger partial charge in [-0.1, -0.05) is 34.1 Å². The van der Waals surface area contributed by atoms with Gasteiger partial charge in [-0.3, -0.25) is 14.4 Å². The first-order valence-corrected chi connectivity index (χ1v) is 13.3. The fourth-order valence-corrected chi connectivity index (χ4v) is 6.94. The number of hydrogen-bond acceptors (Lipinski definition) is 6. The van der Waals surface area contributed by atoms with Crippen LogP contribution in [0.2, 0.25) is 0 Å². The van der Waals surface area contributed by atoms with Gasteiger partial charge in [-0.15, -0.1) is 0 Å². The highest BCUT2D eigenvalue weighted by Gasteiger charge is 2.76. The van der Waals surface area contributed by atoms with Gasteiger partial charge in [0.25, 0.3) is 0 Å². The van der Waals surface area contributed by atoms with E-state index < -0.39 is 29.6 Å². The molecule has 3 fully saturated rings. The van der Waals surface area contributed by atoms with Gasteiger partial charge >= 0.3 is 0 Å². The van der Waals surface area contributed by atoms with Crippen LogP contribution >= 0.6 is 15.9 Å². The minimum atomic E-state index is -1.13. The second-order valence-electron chi connectivity index (χ2n) is 9.70. The molecule has 0 aliphatic carbocycles. The Kier molecular flexibility index (Phi) is 7.24. The zero-order chi connectivity index (χ0) is 26.2. The first-order chi connectivity index (χ1) is 17.9. The summed E-state index contributed by atoms with van der Waals surface area (Å²) in [6.07, 6.45) is 0.921. The summed E-state index contributed by atoms with van der Waals surface area (Å²) in [7, 11) is 1.57. The average molecular weight is 572 g/mol. The van der Waals surface area contributed by atoms with E-state index in [1.54, 1.807) is 48.4 Å². The number of ether oxygens (including phenoxy) is 2. The molecule has 3 saturated heterocycles. The van der Waals surface area contributed by atoms with Gasteiger partial charge in [0.15, 0.2) is 0 Å². The fourth-order valence-electron chi connectivity index (χ4n) is 6.00. The van der Waals surface area contributed by atoms with Crippen LogP contribution in [0.3, 0.4) is 0 Å². The summed E-state index contributed by atoms with van der Waals surface area (Å²) in [6.45, 7) is 0.274. The Labute approximate surface area is 223 Å². The molecule has 5 rings (SSSR count). The van der Waals surface area contributed by atoms with Gasteiger partial charge < -0.3 is 30.1 Å². The van der Waals surface area contributed by atoms with Gasteiger partial charge in [-0.05, 0) is 55.7 Å². The largest absolute Gasteiger partial charge is 0.497 e. The molecular formula is C27H30BrN3O6. The van der Waals surface area contributed by atoms with Crippen molar-refractivity contribution in [3.05, 3.63) is 54.6 Å². The lowest BCUT2D eigenvalue weighted by Gasteiger charge is -2.34. The van der Waals surface area contributed by atoms with Crippen molar-refractivity contribution in [2.45, 2.75) is 41.8 Å². The molecule has 3 aliphatic heterocycles. The van der Waals surface area contributed by atoms with Crippen molar-refractivity contribution in [2.24, 2.45) is 11.8 Å². The van der Waals surface area contributed by atoms with Gasteiger partial charge in [-0.2, -0.15) is 0 Å². The van der Waals surface area contributed by atoms with Gasteiger partial charge in [0.2, 0.25) is 17.7 Å². The zero-order valence-electron chi connectivity index (χ0n) is 20.4. The number of anilines is 2. The topological polar surface area (TPSA) is 117 Å². The Morgan fingerprint density at radius 1 is 1.08 bits per heavy atom. The summed E-state index contributed by atoms with van der Waals surface area (Å²) in [6, 6.07) is 15.1. The summed E-state index contributed by atoms with van der Waals surface area (Å²) in [5.74, 6) is -1.80. The van der Waals surface area contributed by atoms with Gasteiger partial charge in [0, 0.05) is 29.4 Å². The fraction of sp³-hybridized carbons (Fsp3) is 0.444. The van der Waals surface area contributed by atoms with Gasteiger partial charge in [0.1, 0.15) is 17.4 Å². The van der Waals surface area contributed by atoms with Crippen LogP contribution in [0.25, 0.3) is 0 Å². The van der Waals surface area contributed by atoms with Crippen LogP contribution in [0.4, 0.5) is 11.4 Å². The van der Waals surface area contributed by atoms with Crippen LogP contribution in [0.15, 0.2) is 54.6 Å². The molecule has 196 valence electrons. The molecule has 0 radical (unpaired) electrons. The third-order valence-corrected chi connectivity index (χ3v) is 8.39. The van der Waals surface area contributed by atoms with E-state index in [4.69, 9.17) is 9.47 Å². The van der Waals surface area contributed by atoms with Crippen molar-refractivity contribution in [3.63, 3.8) is 0 Å². The second-order valence-corrected chi connectivity index (χ2v) is 10.9. The number of unbranched alkanes of at least 4 members (excludes halogenated alkanes) is 1. The highest BCUT2D eigenvalue weighted by Crippen LogP contribution is 2.60. The number of methoxy groups -OCH3 is 1. The van der Waals surface area contributed by atoms with Crippen molar-refractivity contribution < 1.29 is 29.0 Å². The Morgan fingerprint density at radius 2 is 1.76 bits per heavy atom. The van der Waals surface area contributed by atoms with Gasteiger partial charge in [-0.25, -0.2) is 0 Å². The molecule has 0 aromatic heterocycles. The molecule has 10 heteroatoms. The standard InChI is InChI=1S/C27H30BrN3O6/c1-36-18-11-9-17(10-12-18)30-25(34)23-27-15-19(28)22(37-27)20(24(33)29-16-7-3-2-4-8-16)21(27)26(35)31(23)13-5-6-14-32/h2-4,7-12,19-23,32H,5-6,13-15H2,1H3,(H,29,33)(H,30,34)/t19?,20-,21+,22-,23?,27?/m1/s1. The third kappa shape index (κ3) is 4.51. The van der Waals surface area contributed by atoms with Crippen LogP contribution in [0.5, 0.6) is 5.75 Å². The van der Waals surface area contributed by atoms with Gasteiger partial charge in [0.05, 0.1) is 25.0 Å². The van der Waals surface area contributed by atoms with E-state index in [1.807, 2.05) is 18.2 Å². The van der Waals surface area contributed by atoms with E-state index in [0.29, 0.717) is 36.4 Å². The van der Waals surface area contributed by atoms with E-state index in [2.05, 4.69) is 26.6 Å². The predicted octanol–water partition coefficient (Wildman–Crippen LogP) is 2.79. The van der Waals surface area contributed by atoms with Crippen LogP contribution in [-0.2, 0) is 19.1 Å². The Morgan fingerprint density at radius 3 is 2.43 bits per heavy atom. The molecule has 9 nitrogen and oxygen atoms in total. The number of aliphatic hydroxyl groups excluding tert-OH is 1. The number of hydrogen-bond donors (Lipinski definition) is 3. The molecule has 1 spiro atoms. The molecule has 2 bridgehead atoms. The summed E-state index contributed by atoms with van der Waals surface area (Å²) in [5.41, 5.74) is 0.0638. The van der Waals surface area contributed by atoms with E-state index in [0.717, 1.165) is 0 Å². The lowest BCUT2D eigenvalue weighted by Crippen LogP contribution is -2.54. The quantitative estimate of drug-likeness (QED) is 0.315. The smallest absolute Gasteiger partial charge is 0.250 e. The maximum absolute atomic E-state index is 13.9. The monoisotopic (exact) mass is 571 g/mol. The predicted molar refractivity (Wildman–Crippen MR) is 140 cm³/mol. The minimum Gasteiger partial charge on any atom is -0.497 e. The van der Waals surface area contributed by atoms with E-state index >= 15 is 0 Å². The number of likely N-dealkylation sites (tertiary alicyclic amines) is 1. The number of amides is 3. The van der Waals surface area contributed by atoms with Crippen LogP contribution < -0.4 is 15.4 Å². The number of carbonyl (C=O) groups excluding carboxylic acids is 3. The molecule has 3 unspecified atom stereocenters. The first-order valence-electron chi connectivity index (χ1n) is 12.4. The lowest BCUT2D eigenvalue weighted by molar-refractivity contribution is -0.139. The number of carbonyl (C=O) groups is 3. The molecule has 6 atom stereocenters. The highest BCUT2D eigenvalue weighted by atomic mass is 79.9. The van der Waals surface area contributed by atoms with E-state index in [-0.39, 0.29) is 35.7 Å². The van der Waals surface area contributed by atoms with Crippen LogP contribution in [-0.4, -0.2) is 70.6 Å².